The smallest absolute Gasteiger partial charge is 0.339 e. The first kappa shape index (κ1) is 26.3. The van der Waals surface area contributed by atoms with Crippen LogP contribution in [0.2, 0.25) is 0 Å². The van der Waals surface area contributed by atoms with Crippen LogP contribution in [0.3, 0.4) is 0 Å². The van der Waals surface area contributed by atoms with Gasteiger partial charge in [-0.1, -0.05) is 35.9 Å². The van der Waals surface area contributed by atoms with Gasteiger partial charge in [0.15, 0.2) is 5.11 Å². The molecule has 3 heterocycles. The lowest BCUT2D eigenvalue weighted by Gasteiger charge is -2.29. The Morgan fingerprint density at radius 3 is 2.29 bits per heavy atom. The predicted molar refractivity (Wildman–Crippen MR) is 163 cm³/mol. The zero-order valence-corrected chi connectivity index (χ0v) is 23.4. The van der Waals surface area contributed by atoms with Gasteiger partial charge in [-0.2, -0.15) is 0 Å². The summed E-state index contributed by atoms with van der Waals surface area (Å²) < 4.78 is 13.2. The molecular formula is C33H28N4O3S. The monoisotopic (exact) mass is 560 g/mol. The predicted octanol–water partition coefficient (Wildman–Crippen LogP) is 6.94. The number of ether oxygens (including phenoxy) is 2. The van der Waals surface area contributed by atoms with Gasteiger partial charge in [0.2, 0.25) is 0 Å². The average Bonchev–Trinajstić information content (AvgIpc) is 3.63. The fourth-order valence-electron chi connectivity index (χ4n) is 5.17. The zero-order chi connectivity index (χ0) is 28.3. The third kappa shape index (κ3) is 5.17. The molecule has 5 aromatic rings. The molecule has 2 unspecified atom stereocenters. The number of aryl methyl sites for hydroxylation is 1. The Bertz CT molecular complexity index is 1680. The van der Waals surface area contributed by atoms with E-state index >= 15 is 0 Å². The molecule has 8 heteroatoms. The van der Waals surface area contributed by atoms with E-state index in [1.54, 1.807) is 12.3 Å². The van der Waals surface area contributed by atoms with Gasteiger partial charge < -0.3 is 24.3 Å². The lowest BCUT2D eigenvalue weighted by molar-refractivity contribution is 0.0600. The largest absolute Gasteiger partial charge is 0.465 e. The summed E-state index contributed by atoms with van der Waals surface area (Å²) in [5.41, 5.74) is 5.06. The van der Waals surface area contributed by atoms with E-state index < -0.39 is 5.97 Å². The highest BCUT2D eigenvalue weighted by Gasteiger charge is 2.42. The van der Waals surface area contributed by atoms with Gasteiger partial charge in [-0.3, -0.25) is 4.98 Å². The van der Waals surface area contributed by atoms with Crippen LogP contribution in [-0.4, -0.2) is 27.7 Å². The van der Waals surface area contributed by atoms with Crippen molar-refractivity contribution in [2.24, 2.45) is 0 Å². The van der Waals surface area contributed by atoms with Crippen molar-refractivity contribution in [3.05, 3.63) is 138 Å². The highest BCUT2D eigenvalue weighted by atomic mass is 32.1. The molecule has 1 fully saturated rings. The second-order valence-electron chi connectivity index (χ2n) is 9.72. The van der Waals surface area contributed by atoms with E-state index in [9.17, 15) is 4.79 Å². The van der Waals surface area contributed by atoms with Crippen LogP contribution in [-0.2, 0) is 4.74 Å². The molecule has 7 nitrogen and oxygen atoms in total. The summed E-state index contributed by atoms with van der Waals surface area (Å²) in [6.07, 6.45) is 3.73. The Balaban J connectivity index is 1.41. The number of anilines is 1. The maximum atomic E-state index is 12.7. The number of nitrogens with zero attached hydrogens (tertiary/aromatic N) is 3. The average molecular weight is 561 g/mol. The van der Waals surface area contributed by atoms with E-state index in [1.807, 2.05) is 115 Å². The number of esters is 1. The summed E-state index contributed by atoms with van der Waals surface area (Å²) in [5, 5.41) is 4.08. The molecule has 0 spiro atoms. The maximum absolute atomic E-state index is 12.7. The number of nitrogens with one attached hydrogen (secondary N) is 1. The number of carbonyl (C=O) groups is 1. The topological polar surface area (TPSA) is 68.6 Å². The summed E-state index contributed by atoms with van der Waals surface area (Å²) in [4.78, 5) is 19.4. The van der Waals surface area contributed by atoms with E-state index in [0.29, 0.717) is 10.7 Å². The summed E-state index contributed by atoms with van der Waals surface area (Å²) in [6.45, 7) is 2.05. The Labute approximate surface area is 244 Å². The molecule has 0 amide bonds. The van der Waals surface area contributed by atoms with Gasteiger partial charge in [0, 0.05) is 23.8 Å². The van der Waals surface area contributed by atoms with Crippen LogP contribution >= 0.6 is 12.2 Å². The number of para-hydroxylation sites is 1. The number of carbonyl (C=O) groups excluding carboxylic acids is 1. The molecule has 1 saturated heterocycles. The highest BCUT2D eigenvalue weighted by Crippen LogP contribution is 2.43. The number of hydrogen-bond donors (Lipinski definition) is 1. The van der Waals surface area contributed by atoms with Crippen LogP contribution in [0.5, 0.6) is 11.5 Å². The summed E-state index contributed by atoms with van der Waals surface area (Å²) in [7, 11) is 1.39. The van der Waals surface area contributed by atoms with Crippen LogP contribution in [0.1, 0.15) is 39.4 Å². The minimum atomic E-state index is -0.400. The number of pyridine rings is 1. The molecule has 0 radical (unpaired) electrons. The Morgan fingerprint density at radius 2 is 1.59 bits per heavy atom. The van der Waals surface area contributed by atoms with E-state index in [4.69, 9.17) is 21.7 Å². The molecule has 3 aromatic carbocycles. The van der Waals surface area contributed by atoms with Gasteiger partial charge in [0.1, 0.15) is 17.5 Å². The second kappa shape index (κ2) is 11.3. The first-order valence-corrected chi connectivity index (χ1v) is 13.6. The molecular weight excluding hydrogens is 532 g/mol. The summed E-state index contributed by atoms with van der Waals surface area (Å²) >= 11 is 5.92. The lowest BCUT2D eigenvalue weighted by Crippen LogP contribution is -2.30. The number of hydrogen-bond acceptors (Lipinski definition) is 5. The fourth-order valence-corrected chi connectivity index (χ4v) is 5.52. The van der Waals surface area contributed by atoms with Crippen molar-refractivity contribution in [2.45, 2.75) is 19.0 Å². The molecule has 6 rings (SSSR count). The Hall–Kier alpha value is -4.95. The molecule has 204 valence electrons. The molecule has 0 bridgehead atoms. The number of thiocarbonyl (C=S) groups is 1. The fraction of sp³-hybridized carbons (Fsp3) is 0.121. The van der Waals surface area contributed by atoms with Crippen LogP contribution in [0, 0.1) is 6.92 Å². The van der Waals surface area contributed by atoms with Crippen molar-refractivity contribution < 1.29 is 14.3 Å². The highest BCUT2D eigenvalue weighted by molar-refractivity contribution is 7.80. The van der Waals surface area contributed by atoms with Gasteiger partial charge in [0.05, 0.1) is 30.1 Å². The quantitative estimate of drug-likeness (QED) is 0.171. The van der Waals surface area contributed by atoms with Gasteiger partial charge in [0.25, 0.3) is 0 Å². The van der Waals surface area contributed by atoms with Crippen LogP contribution in [0.25, 0.3) is 5.69 Å². The van der Waals surface area contributed by atoms with E-state index in [0.717, 1.165) is 34.3 Å². The zero-order valence-electron chi connectivity index (χ0n) is 22.6. The molecule has 0 saturated carbocycles. The van der Waals surface area contributed by atoms with Crippen LogP contribution in [0.15, 0.2) is 116 Å². The molecule has 2 atom stereocenters. The number of aromatic nitrogens is 2. The SMILES string of the molecule is COC(=O)c1ccccc1-n1cccc1C1C(c2ccccn2)NC(=S)N1c1ccc(Oc2ccc(C)cc2)cc1. The van der Waals surface area contributed by atoms with Crippen LogP contribution in [0.4, 0.5) is 5.69 Å². The maximum Gasteiger partial charge on any atom is 0.339 e. The van der Waals surface area contributed by atoms with Gasteiger partial charge >= 0.3 is 5.97 Å². The standard InChI is InChI=1S/C33H28N4O3S/c1-22-12-16-24(17-13-22)40-25-18-14-23(15-19-25)37-31(30(35-33(37)41)27-9-5-6-20-34-27)29-11-7-21-36(29)28-10-4-3-8-26(28)32(38)39-2/h3-21,30-31H,1-2H3,(H,35,41). The van der Waals surface area contributed by atoms with E-state index in [2.05, 4.69) is 15.2 Å². The van der Waals surface area contributed by atoms with Gasteiger partial charge in [-0.25, -0.2) is 4.79 Å². The normalized spacial score (nSPS) is 16.3. The first-order chi connectivity index (χ1) is 20.0. The minimum Gasteiger partial charge on any atom is -0.465 e. The van der Waals surface area contributed by atoms with Crippen molar-refractivity contribution in [2.75, 3.05) is 12.0 Å². The van der Waals surface area contributed by atoms with Gasteiger partial charge in [-0.15, -0.1) is 0 Å². The lowest BCUT2D eigenvalue weighted by atomic mass is 10.0. The van der Waals surface area contributed by atoms with Gasteiger partial charge in [-0.05, 0) is 91.9 Å². The number of rotatable bonds is 7. The number of benzene rings is 3. The second-order valence-corrected chi connectivity index (χ2v) is 10.1. The van der Waals surface area contributed by atoms with Crippen molar-refractivity contribution in [3.63, 3.8) is 0 Å². The van der Waals surface area contributed by atoms with Crippen LogP contribution < -0.4 is 15.0 Å². The molecule has 0 aliphatic carbocycles. The summed E-state index contributed by atoms with van der Waals surface area (Å²) in [5.74, 6) is 1.10. The van der Waals surface area contributed by atoms with Crippen molar-refractivity contribution in [1.29, 1.82) is 0 Å². The molecule has 1 aliphatic rings. The molecule has 1 N–H and O–H groups in total. The minimum absolute atomic E-state index is 0.244. The van der Waals surface area contributed by atoms with Crippen molar-refractivity contribution in [3.8, 4) is 17.2 Å². The molecule has 2 aromatic heterocycles. The molecule has 41 heavy (non-hydrogen) atoms. The molecule has 1 aliphatic heterocycles. The number of methoxy groups -OCH3 is 1. The first-order valence-electron chi connectivity index (χ1n) is 13.2. The van der Waals surface area contributed by atoms with Crippen molar-refractivity contribution >= 4 is 29.0 Å². The van der Waals surface area contributed by atoms with Crippen molar-refractivity contribution in [1.82, 2.24) is 14.9 Å². The van der Waals surface area contributed by atoms with E-state index in [-0.39, 0.29) is 12.1 Å². The Kier molecular flexibility index (Phi) is 7.22. The Morgan fingerprint density at radius 1 is 0.878 bits per heavy atom. The van der Waals surface area contributed by atoms with E-state index in [1.165, 1.54) is 12.7 Å². The summed E-state index contributed by atoms with van der Waals surface area (Å²) in [6, 6.07) is 32.6. The third-order valence-corrected chi connectivity index (χ3v) is 7.44. The third-order valence-electron chi connectivity index (χ3n) is 7.12.